The molecule has 7 heavy (non-hydrogen) atoms. The first-order valence-electron chi connectivity index (χ1n) is 0. The van der Waals surface area contributed by atoms with Crippen molar-refractivity contribution < 1.29 is 27.4 Å². The van der Waals surface area contributed by atoms with E-state index in [2.05, 4.69) is 0 Å². The van der Waals surface area contributed by atoms with E-state index in [1.165, 1.54) is 0 Å². The van der Waals surface area contributed by atoms with Crippen molar-refractivity contribution >= 4 is 47.6 Å². The van der Waals surface area contributed by atoms with Gasteiger partial charge in [0, 0.05) is 0 Å². The molecule has 0 saturated carbocycles. The molecule has 0 aromatic heterocycles. The average molecular weight is 162 g/mol. The van der Waals surface area contributed by atoms with Gasteiger partial charge < -0.3 is 27.4 Å². The van der Waals surface area contributed by atoms with Crippen LogP contribution < -0.4 is 0 Å². The van der Waals surface area contributed by atoms with Crippen LogP contribution in [0.4, 0.5) is 0 Å². The maximum Gasteiger partial charge on any atom is 2.00 e. The van der Waals surface area contributed by atoms with Gasteiger partial charge in [0.1, 0.15) is 0 Å². The zero-order chi connectivity index (χ0) is 0. The van der Waals surface area contributed by atoms with Crippen molar-refractivity contribution in [1.82, 2.24) is 0 Å². The molecule has 48 valence electrons. The average Bonchev–Trinajstić information content (AvgIpc) is 0. The topological polar surface area (TPSA) is 154 Å². The smallest absolute Gasteiger partial charge is 0.870 e. The van der Waals surface area contributed by atoms with Gasteiger partial charge in [0.15, 0.2) is 0 Å². The summed E-state index contributed by atoms with van der Waals surface area (Å²) in [7, 11) is 0. The van der Waals surface area contributed by atoms with Crippen molar-refractivity contribution in [2.24, 2.45) is 0 Å². The van der Waals surface area contributed by atoms with Crippen LogP contribution in [0.25, 0.3) is 0 Å². The molecule has 7 heteroatoms. The third-order valence-electron chi connectivity index (χ3n) is 0. The van der Waals surface area contributed by atoms with E-state index < -0.39 is 0 Å². The van der Waals surface area contributed by atoms with Gasteiger partial charge in [-0.3, -0.25) is 0 Å². The molecule has 1 atom stereocenters. The second-order valence-corrected chi connectivity index (χ2v) is 0. The number of rotatable bonds is 0. The summed E-state index contributed by atoms with van der Waals surface area (Å²) in [5, 5.41) is 0. The Morgan fingerprint density at radius 3 is 0.571 bits per heavy atom. The molecule has 5 nitrogen and oxygen atoms in total. The van der Waals surface area contributed by atoms with Gasteiger partial charge in [0.25, 0.3) is 0 Å². The van der Waals surface area contributed by atoms with Gasteiger partial charge in [-0.05, 0) is 0 Å². The van der Waals surface area contributed by atoms with E-state index >= 15 is 0 Å². The summed E-state index contributed by atoms with van der Waals surface area (Å²) in [4.78, 5) is 0. The molecule has 1 unspecified atom stereocenters. The summed E-state index contributed by atoms with van der Waals surface area (Å²) in [5.74, 6) is 0. The van der Waals surface area contributed by atoms with Crippen LogP contribution in [0.3, 0.4) is 0 Å². The number of hydrogen-bond acceptors (Lipinski definition) is 2. The van der Waals surface area contributed by atoms with E-state index in [1.807, 2.05) is 0 Å². The first-order valence-corrected chi connectivity index (χ1v) is 0. The fraction of sp³-hybridized carbons (Fsp3) is 0. The molecule has 0 amide bonds. The van der Waals surface area contributed by atoms with Crippen LogP contribution in [0.2, 0.25) is 0 Å². The summed E-state index contributed by atoms with van der Waals surface area (Å²) in [5.41, 5.74) is 0. The van der Waals surface area contributed by atoms with Crippen LogP contribution in [0.15, 0.2) is 0 Å². The van der Waals surface area contributed by atoms with Crippen molar-refractivity contribution in [2.75, 3.05) is 0 Å². The third-order valence-corrected chi connectivity index (χ3v) is 0. The maximum absolute atomic E-state index is 0. The Balaban J connectivity index is 0. The van der Waals surface area contributed by atoms with Gasteiger partial charge in [-0.15, -0.1) is 0 Å². The molecular formula is H11CaO5P. The van der Waals surface area contributed by atoms with Crippen LogP contribution >= 0.6 is 9.90 Å². The Kier molecular flexibility index (Phi) is 4360. The minimum atomic E-state index is 0. The monoisotopic (exact) mass is 162 g/mol. The Morgan fingerprint density at radius 2 is 0.571 bits per heavy atom. The first-order chi connectivity index (χ1) is 0. The van der Waals surface area contributed by atoms with Gasteiger partial charge in [-0.2, -0.15) is 9.90 Å². The van der Waals surface area contributed by atoms with Crippen molar-refractivity contribution in [2.45, 2.75) is 0 Å². The molecule has 8 N–H and O–H groups in total. The van der Waals surface area contributed by atoms with E-state index in [0.717, 1.165) is 0 Å². The Labute approximate surface area is 74.6 Å². The molecule has 0 saturated heterocycles. The predicted molar refractivity (Wildman–Crippen MR) is 31.6 cm³/mol. The molecule has 0 fully saturated rings. The molecule has 0 heterocycles. The van der Waals surface area contributed by atoms with Crippen LogP contribution in [-0.2, 0) is 0 Å². The Bertz CT molecular complexity index is 8.04. The quantitative estimate of drug-likeness (QED) is 0.272. The minimum Gasteiger partial charge on any atom is -0.870 e. The molecule has 0 radical (unpaired) electrons. The fourth-order valence-corrected chi connectivity index (χ4v) is 0. The summed E-state index contributed by atoms with van der Waals surface area (Å²) in [6.45, 7) is 0. The van der Waals surface area contributed by atoms with Gasteiger partial charge >= 0.3 is 37.7 Å². The molecule has 0 aliphatic heterocycles. The van der Waals surface area contributed by atoms with E-state index in [-0.39, 0.29) is 75.0 Å². The van der Waals surface area contributed by atoms with E-state index in [4.69, 9.17) is 0 Å². The summed E-state index contributed by atoms with van der Waals surface area (Å²) in [6.07, 6.45) is 0. The number of hydrogen-bond donors (Lipinski definition) is 0. The molecule has 0 spiro atoms. The zero-order valence-corrected chi connectivity index (χ0v) is 7.43. The second kappa shape index (κ2) is 142. The second-order valence-electron chi connectivity index (χ2n) is 0. The molecule has 0 aliphatic rings. The fourth-order valence-electron chi connectivity index (χ4n) is 0. The maximum atomic E-state index is 0. The van der Waals surface area contributed by atoms with Crippen LogP contribution in [0.1, 0.15) is 0 Å². The minimum absolute atomic E-state index is 0. The standard InChI is InChI=1S/Ca.5H2O.H3P/h;5*1H2;1H3/q+2;;;;;;/p-2. The van der Waals surface area contributed by atoms with Gasteiger partial charge in [0.2, 0.25) is 0 Å². The van der Waals surface area contributed by atoms with E-state index in [1.54, 1.807) is 0 Å². The summed E-state index contributed by atoms with van der Waals surface area (Å²) in [6, 6.07) is 0. The SMILES string of the molecule is O.O.O.P.[Ca+2].[OH-].[OH-]. The van der Waals surface area contributed by atoms with Gasteiger partial charge in [0.05, 0.1) is 0 Å². The molecule has 0 aromatic rings. The normalized spacial score (nSPS) is 0. The largest absolute Gasteiger partial charge is 2.00 e. The molecule has 0 bridgehead atoms. The van der Waals surface area contributed by atoms with Crippen molar-refractivity contribution in [3.63, 3.8) is 0 Å². The van der Waals surface area contributed by atoms with Gasteiger partial charge in [-0.1, -0.05) is 0 Å². The van der Waals surface area contributed by atoms with Crippen LogP contribution in [-0.4, -0.2) is 65.1 Å². The Hall–Kier alpha value is 1.49. The predicted octanol–water partition coefficient (Wildman–Crippen LogP) is -3.15. The van der Waals surface area contributed by atoms with Crippen LogP contribution in [0, 0.1) is 0 Å². The molecule has 0 aromatic carbocycles. The van der Waals surface area contributed by atoms with Crippen molar-refractivity contribution in [1.29, 1.82) is 0 Å². The summed E-state index contributed by atoms with van der Waals surface area (Å²) >= 11 is 0. The first kappa shape index (κ1) is 215. The van der Waals surface area contributed by atoms with Gasteiger partial charge in [-0.25, -0.2) is 0 Å². The zero-order valence-electron chi connectivity index (χ0n) is 3.81. The summed E-state index contributed by atoms with van der Waals surface area (Å²) < 4.78 is 0. The van der Waals surface area contributed by atoms with Crippen molar-refractivity contribution in [3.8, 4) is 0 Å². The van der Waals surface area contributed by atoms with Crippen molar-refractivity contribution in [3.05, 3.63) is 0 Å². The molecule has 0 aliphatic carbocycles. The van der Waals surface area contributed by atoms with Crippen LogP contribution in [0.5, 0.6) is 0 Å². The van der Waals surface area contributed by atoms with E-state index in [0.29, 0.717) is 0 Å². The molecular weight excluding hydrogens is 151 g/mol. The third kappa shape index (κ3) is 102. The molecule has 0 rings (SSSR count). The van der Waals surface area contributed by atoms with E-state index in [9.17, 15) is 0 Å². The Morgan fingerprint density at radius 1 is 0.571 bits per heavy atom.